The molecule has 1 unspecified atom stereocenters. The summed E-state index contributed by atoms with van der Waals surface area (Å²) < 4.78 is 4.58. The molecule has 1 saturated carbocycles. The largest absolute Gasteiger partial charge is 0.393 e. The maximum absolute atomic E-state index is 11.4. The highest BCUT2D eigenvalue weighted by atomic mass is 16.6. The van der Waals surface area contributed by atoms with Gasteiger partial charge < -0.3 is 4.74 Å². The Morgan fingerprint density at radius 2 is 1.64 bits per heavy atom. The summed E-state index contributed by atoms with van der Waals surface area (Å²) in [5.41, 5.74) is 0.280. The van der Waals surface area contributed by atoms with E-state index in [1.54, 1.807) is 0 Å². The third kappa shape index (κ3) is 0.983. The highest BCUT2D eigenvalue weighted by Gasteiger charge is 2.69. The molecule has 0 spiro atoms. The molecule has 0 radical (unpaired) electrons. The molecule has 0 amide bonds. The Balaban J connectivity index is 2.20. The maximum Gasteiger partial charge on any atom is 0.317 e. The summed E-state index contributed by atoms with van der Waals surface area (Å²) in [7, 11) is 0. The Bertz CT molecular complexity index is 300. The number of hydrogen-bond acceptors (Lipinski definition) is 3. The van der Waals surface area contributed by atoms with Crippen molar-refractivity contribution >= 4 is 11.9 Å². The molecule has 3 nitrogen and oxygen atoms in total. The topological polar surface area (TPSA) is 43.4 Å². The van der Waals surface area contributed by atoms with Gasteiger partial charge in [-0.2, -0.15) is 0 Å². The fraction of sp³-hybridized carbons (Fsp3) is 0.818. The van der Waals surface area contributed by atoms with Gasteiger partial charge in [-0.25, -0.2) is 0 Å². The van der Waals surface area contributed by atoms with Gasteiger partial charge in [-0.3, -0.25) is 9.59 Å². The van der Waals surface area contributed by atoms with Crippen molar-refractivity contribution in [2.24, 2.45) is 22.7 Å². The lowest BCUT2D eigenvalue weighted by Gasteiger charge is -2.05. The van der Waals surface area contributed by atoms with E-state index in [1.807, 2.05) is 0 Å². The molecule has 1 heterocycles. The monoisotopic (exact) mass is 196 g/mol. The molecular weight excluding hydrogens is 180 g/mol. The Morgan fingerprint density at radius 3 is 1.93 bits per heavy atom. The fourth-order valence-corrected chi connectivity index (χ4v) is 3.00. The summed E-state index contributed by atoms with van der Waals surface area (Å²) in [5, 5.41) is 0. The zero-order valence-corrected chi connectivity index (χ0v) is 9.09. The third-order valence-corrected chi connectivity index (χ3v) is 4.44. The van der Waals surface area contributed by atoms with Gasteiger partial charge in [0, 0.05) is 0 Å². The van der Waals surface area contributed by atoms with Crippen LogP contribution >= 0.6 is 0 Å². The molecular formula is C11H16O3. The van der Waals surface area contributed by atoms with E-state index in [-0.39, 0.29) is 41.0 Å². The van der Waals surface area contributed by atoms with Crippen molar-refractivity contribution in [3.8, 4) is 0 Å². The average molecular weight is 196 g/mol. The van der Waals surface area contributed by atoms with Gasteiger partial charge >= 0.3 is 11.9 Å². The van der Waals surface area contributed by atoms with Crippen molar-refractivity contribution in [2.75, 3.05) is 0 Å². The molecule has 3 heteroatoms. The number of carbonyl (C=O) groups excluding carboxylic acids is 2. The molecule has 14 heavy (non-hydrogen) atoms. The van der Waals surface area contributed by atoms with Crippen molar-refractivity contribution in [2.45, 2.75) is 34.1 Å². The summed E-state index contributed by atoms with van der Waals surface area (Å²) in [5.74, 6) is -0.599. The van der Waals surface area contributed by atoms with E-state index in [9.17, 15) is 9.59 Å². The minimum Gasteiger partial charge on any atom is -0.393 e. The molecule has 2 aliphatic rings. The third-order valence-electron chi connectivity index (χ3n) is 4.44. The zero-order chi connectivity index (χ0) is 10.7. The fourth-order valence-electron chi connectivity index (χ4n) is 3.00. The Hall–Kier alpha value is -0.860. The van der Waals surface area contributed by atoms with E-state index in [1.165, 1.54) is 0 Å². The van der Waals surface area contributed by atoms with Crippen LogP contribution in [0.3, 0.4) is 0 Å². The van der Waals surface area contributed by atoms with Gasteiger partial charge in [-0.15, -0.1) is 0 Å². The van der Waals surface area contributed by atoms with Gasteiger partial charge in [-0.05, 0) is 16.7 Å². The van der Waals surface area contributed by atoms with Crippen LogP contribution in [0.4, 0.5) is 0 Å². The van der Waals surface area contributed by atoms with Gasteiger partial charge in [0.15, 0.2) is 0 Å². The zero-order valence-electron chi connectivity index (χ0n) is 9.09. The molecule has 1 atom stereocenters. The van der Waals surface area contributed by atoms with Gasteiger partial charge in [0.25, 0.3) is 0 Å². The molecule has 2 rings (SSSR count). The molecule has 0 bridgehead atoms. The van der Waals surface area contributed by atoms with Crippen LogP contribution < -0.4 is 0 Å². The first-order valence-electron chi connectivity index (χ1n) is 5.03. The predicted molar refractivity (Wildman–Crippen MR) is 50.3 cm³/mol. The van der Waals surface area contributed by atoms with E-state index in [2.05, 4.69) is 32.4 Å². The van der Waals surface area contributed by atoms with E-state index in [4.69, 9.17) is 0 Å². The number of cyclic esters (lactones) is 2. The van der Waals surface area contributed by atoms with Crippen molar-refractivity contribution in [1.29, 1.82) is 0 Å². The van der Waals surface area contributed by atoms with Crippen LogP contribution in [-0.4, -0.2) is 11.9 Å². The molecule has 78 valence electrons. The van der Waals surface area contributed by atoms with E-state index < -0.39 is 0 Å². The number of carbonyl (C=O) groups is 2. The Labute approximate surface area is 83.8 Å². The summed E-state index contributed by atoms with van der Waals surface area (Å²) in [6.45, 7) is 8.59. The molecule has 0 aromatic heterocycles. The van der Waals surface area contributed by atoms with E-state index >= 15 is 0 Å². The smallest absolute Gasteiger partial charge is 0.317 e. The standard InChI is InChI=1S/C11H16O3/c1-10(2)8(11(10,3)4)6-5-7(12)14-9(6)13/h6,8H,5H2,1-4H3. The summed E-state index contributed by atoms with van der Waals surface area (Å²) in [6.07, 6.45) is 0.274. The minimum atomic E-state index is -0.362. The highest BCUT2D eigenvalue weighted by molar-refractivity contribution is 5.95. The van der Waals surface area contributed by atoms with Crippen molar-refractivity contribution in [1.82, 2.24) is 0 Å². The second-order valence-corrected chi connectivity index (χ2v) is 5.52. The van der Waals surface area contributed by atoms with Crippen LogP contribution in [0.15, 0.2) is 0 Å². The normalized spacial score (nSPS) is 34.4. The molecule has 0 aromatic carbocycles. The lowest BCUT2D eigenvalue weighted by atomic mass is 9.95. The number of hydrogen-bond donors (Lipinski definition) is 0. The molecule has 1 aliphatic carbocycles. The quantitative estimate of drug-likeness (QED) is 0.474. The maximum atomic E-state index is 11.4. The molecule has 0 aromatic rings. The number of esters is 2. The molecule has 1 aliphatic heterocycles. The Morgan fingerprint density at radius 1 is 1.14 bits per heavy atom. The first-order valence-corrected chi connectivity index (χ1v) is 5.03. The molecule has 0 N–H and O–H groups in total. The van der Waals surface area contributed by atoms with E-state index in [0.717, 1.165) is 0 Å². The highest BCUT2D eigenvalue weighted by Crippen LogP contribution is 2.72. The number of rotatable bonds is 1. The second-order valence-electron chi connectivity index (χ2n) is 5.52. The van der Waals surface area contributed by atoms with Crippen LogP contribution in [-0.2, 0) is 14.3 Å². The summed E-state index contributed by atoms with van der Waals surface area (Å²) >= 11 is 0. The van der Waals surface area contributed by atoms with Crippen LogP contribution in [0.1, 0.15) is 34.1 Å². The second kappa shape index (κ2) is 2.38. The summed E-state index contributed by atoms with van der Waals surface area (Å²) in [6, 6.07) is 0. The lowest BCUT2D eigenvalue weighted by Crippen LogP contribution is -2.13. The first kappa shape index (κ1) is 9.69. The number of ether oxygens (including phenoxy) is 1. The molecule has 2 fully saturated rings. The SMILES string of the molecule is CC1(C)C(C2CC(=O)OC2=O)C1(C)C. The van der Waals surface area contributed by atoms with Crippen LogP contribution in [0.5, 0.6) is 0 Å². The van der Waals surface area contributed by atoms with E-state index in [0.29, 0.717) is 0 Å². The van der Waals surface area contributed by atoms with Gasteiger partial charge in [0.05, 0.1) is 12.3 Å². The summed E-state index contributed by atoms with van der Waals surface area (Å²) in [4.78, 5) is 22.4. The van der Waals surface area contributed by atoms with Crippen molar-refractivity contribution in [3.63, 3.8) is 0 Å². The van der Waals surface area contributed by atoms with Crippen molar-refractivity contribution < 1.29 is 14.3 Å². The van der Waals surface area contributed by atoms with Crippen molar-refractivity contribution in [3.05, 3.63) is 0 Å². The van der Waals surface area contributed by atoms with Gasteiger partial charge in [-0.1, -0.05) is 27.7 Å². The molecule has 1 saturated heterocycles. The van der Waals surface area contributed by atoms with Crippen LogP contribution in [0.2, 0.25) is 0 Å². The minimum absolute atomic E-state index is 0.140. The Kier molecular flexibility index (Phi) is 1.65. The lowest BCUT2D eigenvalue weighted by molar-refractivity contribution is -0.153. The van der Waals surface area contributed by atoms with Crippen LogP contribution in [0.25, 0.3) is 0 Å². The predicted octanol–water partition coefficient (Wildman–Crippen LogP) is 1.76. The average Bonchev–Trinajstić information content (AvgIpc) is 2.32. The first-order chi connectivity index (χ1) is 6.28. The van der Waals surface area contributed by atoms with Gasteiger partial charge in [0.1, 0.15) is 0 Å². The van der Waals surface area contributed by atoms with Gasteiger partial charge in [0.2, 0.25) is 0 Å². The van der Waals surface area contributed by atoms with Crippen LogP contribution in [0, 0.1) is 22.7 Å².